The molecule has 0 spiro atoms. The second kappa shape index (κ2) is 7.02. The fourth-order valence-corrected chi connectivity index (χ4v) is 4.31. The van der Waals surface area contributed by atoms with Crippen molar-refractivity contribution >= 4 is 5.91 Å². The number of amides is 1. The molecule has 2 atom stereocenters. The van der Waals surface area contributed by atoms with Crippen molar-refractivity contribution in [1.29, 1.82) is 0 Å². The van der Waals surface area contributed by atoms with Gasteiger partial charge in [0.25, 0.3) is 0 Å². The Labute approximate surface area is 139 Å². The van der Waals surface area contributed by atoms with E-state index in [1.165, 1.54) is 5.56 Å². The third kappa shape index (κ3) is 3.59. The number of aliphatic hydroxyl groups excluding tert-OH is 1. The Kier molecular flexibility index (Phi) is 5.02. The Morgan fingerprint density at radius 1 is 1.30 bits per heavy atom. The number of likely N-dealkylation sites (tertiary alicyclic amines) is 2. The summed E-state index contributed by atoms with van der Waals surface area (Å²) in [7, 11) is 0. The molecule has 3 rings (SSSR count). The molecule has 0 aromatic heterocycles. The Morgan fingerprint density at radius 2 is 2.09 bits per heavy atom. The lowest BCUT2D eigenvalue weighted by atomic mass is 9.74. The number of carbonyl (C=O) groups excluding carboxylic acids is 1. The van der Waals surface area contributed by atoms with Gasteiger partial charge in [-0.2, -0.15) is 0 Å². The first-order valence-corrected chi connectivity index (χ1v) is 8.76. The van der Waals surface area contributed by atoms with Gasteiger partial charge < -0.3 is 14.9 Å². The molecule has 0 bridgehead atoms. The van der Waals surface area contributed by atoms with Crippen molar-refractivity contribution in [2.24, 2.45) is 11.3 Å². The van der Waals surface area contributed by atoms with E-state index in [9.17, 15) is 9.90 Å². The fourth-order valence-electron chi connectivity index (χ4n) is 4.31. The molecule has 2 aliphatic heterocycles. The number of hydrogen-bond donors (Lipinski definition) is 1. The van der Waals surface area contributed by atoms with Gasteiger partial charge in [0, 0.05) is 38.5 Å². The van der Waals surface area contributed by atoms with Crippen molar-refractivity contribution in [1.82, 2.24) is 9.80 Å². The molecule has 2 fully saturated rings. The lowest BCUT2D eigenvalue weighted by Gasteiger charge is -2.42. The summed E-state index contributed by atoms with van der Waals surface area (Å²) in [5.74, 6) is 0.665. The number of rotatable bonds is 5. The normalized spacial score (nSPS) is 27.9. The Hall–Kier alpha value is -1.39. The maximum absolute atomic E-state index is 11.7. The van der Waals surface area contributed by atoms with Crippen LogP contribution >= 0.6 is 0 Å². The van der Waals surface area contributed by atoms with Crippen LogP contribution in [0.4, 0.5) is 0 Å². The molecule has 0 radical (unpaired) electrons. The number of carbonyl (C=O) groups is 1. The molecule has 23 heavy (non-hydrogen) atoms. The molecule has 4 heteroatoms. The van der Waals surface area contributed by atoms with E-state index in [0.29, 0.717) is 5.92 Å². The molecule has 1 amide bonds. The van der Waals surface area contributed by atoms with Gasteiger partial charge in [0.15, 0.2) is 0 Å². The van der Waals surface area contributed by atoms with Gasteiger partial charge in [0.05, 0.1) is 6.61 Å². The summed E-state index contributed by atoms with van der Waals surface area (Å²) >= 11 is 0. The highest BCUT2D eigenvalue weighted by Crippen LogP contribution is 2.41. The van der Waals surface area contributed by atoms with Gasteiger partial charge in [-0.15, -0.1) is 0 Å². The van der Waals surface area contributed by atoms with E-state index in [4.69, 9.17) is 0 Å². The average Bonchev–Trinajstić information content (AvgIpc) is 2.94. The maximum atomic E-state index is 11.7. The first-order valence-electron chi connectivity index (χ1n) is 8.76. The first kappa shape index (κ1) is 16.5. The summed E-state index contributed by atoms with van der Waals surface area (Å²) in [6.07, 6.45) is 3.28. The average molecular weight is 316 g/mol. The molecule has 2 aliphatic rings. The van der Waals surface area contributed by atoms with Gasteiger partial charge in [0.1, 0.15) is 0 Å². The Bertz CT molecular complexity index is 533. The van der Waals surface area contributed by atoms with Gasteiger partial charge in [-0.25, -0.2) is 0 Å². The van der Waals surface area contributed by atoms with Crippen LogP contribution in [0.3, 0.4) is 0 Å². The predicted octanol–water partition coefficient (Wildman–Crippen LogP) is 1.78. The van der Waals surface area contributed by atoms with Crippen LogP contribution in [-0.4, -0.2) is 60.1 Å². The minimum Gasteiger partial charge on any atom is -0.396 e. The molecule has 1 aromatic carbocycles. The second-order valence-corrected chi connectivity index (χ2v) is 7.27. The minimum absolute atomic E-state index is 0.101. The lowest BCUT2D eigenvalue weighted by molar-refractivity contribution is -0.134. The number of hydrogen-bond acceptors (Lipinski definition) is 3. The number of aliphatic hydroxyl groups is 1. The maximum Gasteiger partial charge on any atom is 0.219 e. The molecular formula is C19H28N2O2. The van der Waals surface area contributed by atoms with Crippen molar-refractivity contribution in [2.75, 3.05) is 39.3 Å². The quantitative estimate of drug-likeness (QED) is 0.900. The summed E-state index contributed by atoms with van der Waals surface area (Å²) in [4.78, 5) is 16.1. The van der Waals surface area contributed by atoms with Gasteiger partial charge in [-0.3, -0.25) is 4.79 Å². The largest absolute Gasteiger partial charge is 0.396 e. The molecule has 1 aromatic rings. The molecule has 0 unspecified atom stereocenters. The van der Waals surface area contributed by atoms with E-state index in [2.05, 4.69) is 35.2 Å². The monoisotopic (exact) mass is 316 g/mol. The minimum atomic E-state index is -0.101. The van der Waals surface area contributed by atoms with Crippen LogP contribution in [0.25, 0.3) is 0 Å². The first-order chi connectivity index (χ1) is 11.1. The van der Waals surface area contributed by atoms with Crippen molar-refractivity contribution in [3.8, 4) is 0 Å². The molecule has 2 saturated heterocycles. The SMILES string of the molecule is CC(=O)N1CC[C@@H]2CN(CCCc3ccccc3)C[C@]2(CO)C1. The van der Waals surface area contributed by atoms with E-state index in [0.717, 1.165) is 52.0 Å². The zero-order chi connectivity index (χ0) is 16.3. The molecular weight excluding hydrogens is 288 g/mol. The van der Waals surface area contributed by atoms with Crippen LogP contribution < -0.4 is 0 Å². The third-order valence-corrected chi connectivity index (χ3v) is 5.68. The van der Waals surface area contributed by atoms with E-state index >= 15 is 0 Å². The number of nitrogens with zero attached hydrogens (tertiary/aromatic N) is 2. The van der Waals surface area contributed by atoms with Crippen molar-refractivity contribution in [3.63, 3.8) is 0 Å². The van der Waals surface area contributed by atoms with E-state index in [1.807, 2.05) is 4.90 Å². The van der Waals surface area contributed by atoms with Crippen molar-refractivity contribution < 1.29 is 9.90 Å². The number of benzene rings is 1. The highest BCUT2D eigenvalue weighted by atomic mass is 16.3. The lowest BCUT2D eigenvalue weighted by Crippen LogP contribution is -2.52. The highest BCUT2D eigenvalue weighted by molar-refractivity contribution is 5.73. The van der Waals surface area contributed by atoms with E-state index < -0.39 is 0 Å². The Morgan fingerprint density at radius 3 is 2.78 bits per heavy atom. The molecule has 1 N–H and O–H groups in total. The van der Waals surface area contributed by atoms with Crippen LogP contribution in [0, 0.1) is 11.3 Å². The molecule has 2 heterocycles. The van der Waals surface area contributed by atoms with E-state index in [1.54, 1.807) is 6.92 Å². The fraction of sp³-hybridized carbons (Fsp3) is 0.632. The molecule has 4 nitrogen and oxygen atoms in total. The van der Waals surface area contributed by atoms with Crippen LogP contribution in [-0.2, 0) is 11.2 Å². The summed E-state index contributed by atoms with van der Waals surface area (Å²) in [6, 6.07) is 10.6. The van der Waals surface area contributed by atoms with Crippen LogP contribution in [0.5, 0.6) is 0 Å². The highest BCUT2D eigenvalue weighted by Gasteiger charge is 2.49. The van der Waals surface area contributed by atoms with Gasteiger partial charge in [0.2, 0.25) is 5.91 Å². The molecule has 0 saturated carbocycles. The van der Waals surface area contributed by atoms with Crippen LogP contribution in [0.2, 0.25) is 0 Å². The number of fused-ring (bicyclic) bond motifs is 1. The van der Waals surface area contributed by atoms with Gasteiger partial charge >= 0.3 is 0 Å². The summed E-state index contributed by atoms with van der Waals surface area (Å²) in [6.45, 7) is 6.47. The van der Waals surface area contributed by atoms with Crippen LogP contribution in [0.1, 0.15) is 25.3 Å². The predicted molar refractivity (Wildman–Crippen MR) is 91.1 cm³/mol. The Balaban J connectivity index is 1.54. The molecule has 126 valence electrons. The van der Waals surface area contributed by atoms with Crippen molar-refractivity contribution in [2.45, 2.75) is 26.2 Å². The third-order valence-electron chi connectivity index (χ3n) is 5.68. The van der Waals surface area contributed by atoms with E-state index in [-0.39, 0.29) is 17.9 Å². The van der Waals surface area contributed by atoms with Crippen molar-refractivity contribution in [3.05, 3.63) is 35.9 Å². The number of piperidine rings is 1. The smallest absolute Gasteiger partial charge is 0.219 e. The standard InChI is InChI=1S/C19H28N2O2/c1-16(23)21-11-9-18-12-20(13-19(18,14-21)15-22)10-5-8-17-6-3-2-4-7-17/h2-4,6-7,18,22H,5,8-15H2,1H3/t18-,19-/m1/s1. The topological polar surface area (TPSA) is 43.8 Å². The summed E-state index contributed by atoms with van der Waals surface area (Å²) < 4.78 is 0. The zero-order valence-corrected chi connectivity index (χ0v) is 14.1. The number of aryl methyl sites for hydroxylation is 1. The summed E-state index contributed by atoms with van der Waals surface area (Å²) in [5.41, 5.74) is 1.29. The van der Waals surface area contributed by atoms with Gasteiger partial charge in [-0.05, 0) is 37.3 Å². The zero-order valence-electron chi connectivity index (χ0n) is 14.1. The second-order valence-electron chi connectivity index (χ2n) is 7.27. The molecule has 0 aliphatic carbocycles. The van der Waals surface area contributed by atoms with Gasteiger partial charge in [-0.1, -0.05) is 30.3 Å². The summed E-state index contributed by atoms with van der Waals surface area (Å²) in [5, 5.41) is 10.0. The van der Waals surface area contributed by atoms with Crippen LogP contribution in [0.15, 0.2) is 30.3 Å².